The van der Waals surface area contributed by atoms with Crippen molar-refractivity contribution in [1.29, 1.82) is 0 Å². The lowest BCUT2D eigenvalue weighted by atomic mass is 10.2. The third-order valence-electron chi connectivity index (χ3n) is 4.05. The monoisotopic (exact) mass is 341 g/mol. The van der Waals surface area contributed by atoms with Gasteiger partial charge in [-0.05, 0) is 31.0 Å². The van der Waals surface area contributed by atoms with E-state index in [9.17, 15) is 9.90 Å². The topological polar surface area (TPSA) is 55.8 Å². The molecule has 0 heterocycles. The lowest BCUT2D eigenvalue weighted by molar-refractivity contribution is 0.167. The van der Waals surface area contributed by atoms with E-state index in [0.29, 0.717) is 13.0 Å². The average molecular weight is 341 g/mol. The number of hydrogen-bond donors (Lipinski definition) is 2. The number of urea groups is 1. The summed E-state index contributed by atoms with van der Waals surface area (Å²) in [5.41, 5.74) is 2.94. The largest absolute Gasteiger partial charge is 0.393 e. The number of aliphatic hydroxyl groups excluding tert-OH is 1. The number of carbonyl (C=O) groups is 1. The highest BCUT2D eigenvalue weighted by Crippen LogP contribution is 2.26. The molecule has 2 rings (SSSR count). The summed E-state index contributed by atoms with van der Waals surface area (Å²) >= 11 is 0. The summed E-state index contributed by atoms with van der Waals surface area (Å²) in [6, 6.07) is 17.8. The second kappa shape index (κ2) is 9.08. The molecule has 0 spiro atoms. The molecule has 0 aliphatic rings. The molecule has 2 aromatic rings. The summed E-state index contributed by atoms with van der Waals surface area (Å²) in [6.07, 6.45) is 0.138. The Morgan fingerprint density at radius 2 is 1.72 bits per heavy atom. The molecule has 0 saturated heterocycles. The number of aliphatic hydroxyl groups is 1. The molecule has 2 aromatic carbocycles. The molecular weight excluding hydrogens is 314 g/mol. The van der Waals surface area contributed by atoms with E-state index in [2.05, 4.69) is 22.3 Å². The van der Waals surface area contributed by atoms with Gasteiger partial charge in [-0.2, -0.15) is 0 Å². The van der Waals surface area contributed by atoms with Crippen LogP contribution in [0.1, 0.15) is 18.9 Å². The quantitative estimate of drug-likeness (QED) is 0.810. The van der Waals surface area contributed by atoms with Gasteiger partial charge in [0.05, 0.1) is 17.5 Å². The molecule has 5 heteroatoms. The maximum atomic E-state index is 12.4. The number of rotatable bonds is 7. The molecule has 5 nitrogen and oxygen atoms in total. The van der Waals surface area contributed by atoms with Crippen molar-refractivity contribution >= 4 is 17.4 Å². The molecule has 0 unspecified atom stereocenters. The van der Waals surface area contributed by atoms with Crippen LogP contribution in [0.2, 0.25) is 0 Å². The van der Waals surface area contributed by atoms with Crippen LogP contribution in [0.25, 0.3) is 0 Å². The van der Waals surface area contributed by atoms with Gasteiger partial charge in [-0.15, -0.1) is 0 Å². The number of carbonyl (C=O) groups excluding carboxylic acids is 1. The third-order valence-corrected chi connectivity index (χ3v) is 4.05. The van der Waals surface area contributed by atoms with Crippen molar-refractivity contribution in [3.8, 4) is 0 Å². The fourth-order valence-corrected chi connectivity index (χ4v) is 2.55. The fourth-order valence-electron chi connectivity index (χ4n) is 2.55. The van der Waals surface area contributed by atoms with E-state index in [-0.39, 0.29) is 6.03 Å². The van der Waals surface area contributed by atoms with Crippen LogP contribution in [0.15, 0.2) is 54.6 Å². The predicted molar refractivity (Wildman–Crippen MR) is 103 cm³/mol. The van der Waals surface area contributed by atoms with Crippen LogP contribution in [0.5, 0.6) is 0 Å². The molecule has 134 valence electrons. The van der Waals surface area contributed by atoms with Crippen molar-refractivity contribution < 1.29 is 9.90 Å². The highest BCUT2D eigenvalue weighted by molar-refractivity contribution is 5.93. The molecule has 2 amide bonds. The maximum absolute atomic E-state index is 12.4. The van der Waals surface area contributed by atoms with E-state index in [4.69, 9.17) is 0 Å². The van der Waals surface area contributed by atoms with Gasteiger partial charge in [0.2, 0.25) is 0 Å². The van der Waals surface area contributed by atoms with Crippen molar-refractivity contribution in [3.63, 3.8) is 0 Å². The number of anilines is 2. The SMILES string of the molecule is C[C@H](O)CCN(C)C(=O)Nc1ccccc1N(C)Cc1ccccc1. The lowest BCUT2D eigenvalue weighted by Crippen LogP contribution is -2.33. The molecule has 2 N–H and O–H groups in total. The Kier molecular flexibility index (Phi) is 6.83. The second-order valence-corrected chi connectivity index (χ2v) is 6.35. The van der Waals surface area contributed by atoms with E-state index in [1.807, 2.05) is 49.5 Å². The van der Waals surface area contributed by atoms with Crippen LogP contribution >= 0.6 is 0 Å². The summed E-state index contributed by atoms with van der Waals surface area (Å²) in [6.45, 7) is 2.98. The Labute approximate surface area is 149 Å². The van der Waals surface area contributed by atoms with E-state index in [0.717, 1.165) is 17.9 Å². The predicted octanol–water partition coefficient (Wildman–Crippen LogP) is 3.56. The number of nitrogens with one attached hydrogen (secondary N) is 1. The molecule has 0 fully saturated rings. The molecule has 0 bridgehead atoms. The standard InChI is InChI=1S/C20H27N3O2/c1-16(24)13-14-22(2)20(25)21-18-11-7-8-12-19(18)23(3)15-17-9-5-4-6-10-17/h4-12,16,24H,13-15H2,1-3H3,(H,21,25)/t16-/m0/s1. The van der Waals surface area contributed by atoms with Crippen molar-refractivity contribution in [2.75, 3.05) is 30.9 Å². The molecule has 0 saturated carbocycles. The van der Waals surface area contributed by atoms with E-state index in [1.54, 1.807) is 18.9 Å². The van der Waals surface area contributed by atoms with Gasteiger partial charge in [0.1, 0.15) is 0 Å². The first-order chi connectivity index (χ1) is 12.0. The lowest BCUT2D eigenvalue weighted by Gasteiger charge is -2.24. The molecule has 1 atom stereocenters. The number of para-hydroxylation sites is 2. The van der Waals surface area contributed by atoms with Crippen molar-refractivity contribution in [2.24, 2.45) is 0 Å². The first-order valence-electron chi connectivity index (χ1n) is 8.51. The Morgan fingerprint density at radius 3 is 2.40 bits per heavy atom. The highest BCUT2D eigenvalue weighted by atomic mass is 16.3. The molecule has 0 aliphatic heterocycles. The van der Waals surface area contributed by atoms with Crippen LogP contribution in [-0.4, -0.2) is 42.8 Å². The van der Waals surface area contributed by atoms with Gasteiger partial charge < -0.3 is 20.2 Å². The van der Waals surface area contributed by atoms with Gasteiger partial charge in [0, 0.05) is 27.2 Å². The summed E-state index contributed by atoms with van der Waals surface area (Å²) in [5, 5.41) is 12.3. The van der Waals surface area contributed by atoms with Crippen molar-refractivity contribution in [3.05, 3.63) is 60.2 Å². The van der Waals surface area contributed by atoms with Crippen molar-refractivity contribution in [1.82, 2.24) is 4.90 Å². The van der Waals surface area contributed by atoms with E-state index >= 15 is 0 Å². The normalized spacial score (nSPS) is 11.7. The Morgan fingerprint density at radius 1 is 1.08 bits per heavy atom. The zero-order valence-corrected chi connectivity index (χ0v) is 15.1. The summed E-state index contributed by atoms with van der Waals surface area (Å²) in [4.78, 5) is 16.1. The zero-order valence-electron chi connectivity index (χ0n) is 15.1. The minimum atomic E-state index is -0.417. The molecule has 0 aromatic heterocycles. The number of amides is 2. The van der Waals surface area contributed by atoms with Crippen LogP contribution in [0.3, 0.4) is 0 Å². The summed E-state index contributed by atoms with van der Waals surface area (Å²) in [7, 11) is 3.74. The van der Waals surface area contributed by atoms with Gasteiger partial charge >= 0.3 is 6.03 Å². The average Bonchev–Trinajstić information content (AvgIpc) is 2.60. The van der Waals surface area contributed by atoms with Crippen LogP contribution < -0.4 is 10.2 Å². The van der Waals surface area contributed by atoms with Gasteiger partial charge in [-0.25, -0.2) is 4.79 Å². The molecular formula is C20H27N3O2. The fraction of sp³-hybridized carbons (Fsp3) is 0.350. The molecule has 0 aliphatic carbocycles. The third kappa shape index (κ3) is 5.80. The minimum Gasteiger partial charge on any atom is -0.393 e. The zero-order chi connectivity index (χ0) is 18.2. The van der Waals surface area contributed by atoms with E-state index in [1.165, 1.54) is 5.56 Å². The molecule has 0 radical (unpaired) electrons. The maximum Gasteiger partial charge on any atom is 0.321 e. The highest BCUT2D eigenvalue weighted by Gasteiger charge is 2.13. The minimum absolute atomic E-state index is 0.179. The summed E-state index contributed by atoms with van der Waals surface area (Å²) < 4.78 is 0. The first-order valence-corrected chi connectivity index (χ1v) is 8.51. The van der Waals surface area contributed by atoms with Crippen molar-refractivity contribution in [2.45, 2.75) is 26.0 Å². The van der Waals surface area contributed by atoms with Crippen LogP contribution in [0, 0.1) is 0 Å². The molecule has 25 heavy (non-hydrogen) atoms. The van der Waals surface area contributed by atoms with Gasteiger partial charge in [0.15, 0.2) is 0 Å². The first kappa shape index (κ1) is 18.8. The Balaban J connectivity index is 2.05. The van der Waals surface area contributed by atoms with E-state index < -0.39 is 6.10 Å². The Bertz CT molecular complexity index is 674. The number of benzene rings is 2. The number of nitrogens with zero attached hydrogens (tertiary/aromatic N) is 2. The smallest absolute Gasteiger partial charge is 0.321 e. The Hall–Kier alpha value is -2.53. The summed E-state index contributed by atoms with van der Waals surface area (Å²) in [5.74, 6) is 0. The van der Waals surface area contributed by atoms with Gasteiger partial charge in [-0.3, -0.25) is 0 Å². The second-order valence-electron chi connectivity index (χ2n) is 6.35. The van der Waals surface area contributed by atoms with Crippen LogP contribution in [-0.2, 0) is 6.54 Å². The van der Waals surface area contributed by atoms with Gasteiger partial charge in [0.25, 0.3) is 0 Å². The number of hydrogen-bond acceptors (Lipinski definition) is 3. The van der Waals surface area contributed by atoms with Gasteiger partial charge in [-0.1, -0.05) is 42.5 Å². The van der Waals surface area contributed by atoms with Crippen LogP contribution in [0.4, 0.5) is 16.2 Å².